The Bertz CT molecular complexity index is 520. The van der Waals surface area contributed by atoms with E-state index < -0.39 is 0 Å². The Hall–Kier alpha value is -1.02. The summed E-state index contributed by atoms with van der Waals surface area (Å²) in [5.74, 6) is 0.628. The van der Waals surface area contributed by atoms with Gasteiger partial charge in [-0.25, -0.2) is 4.99 Å². The van der Waals surface area contributed by atoms with Gasteiger partial charge in [0.05, 0.1) is 13.1 Å². The average Bonchev–Trinajstić information content (AvgIpc) is 2.45. The molecule has 2 N–H and O–H groups in total. The highest BCUT2D eigenvalue weighted by atomic mass is 127. The van der Waals surface area contributed by atoms with Crippen molar-refractivity contribution >= 4 is 47.4 Å². The van der Waals surface area contributed by atoms with Gasteiger partial charge in [0.1, 0.15) is 0 Å². The zero-order valence-electron chi connectivity index (χ0n) is 13.4. The summed E-state index contributed by atoms with van der Waals surface area (Å²) in [5.41, 5.74) is 2.11. The Balaban J connectivity index is 0.00000441. The topological polar surface area (TPSA) is 56.7 Å². The first-order valence-corrected chi connectivity index (χ1v) is 7.29. The molecule has 0 bridgehead atoms. The Morgan fingerprint density at radius 2 is 2.00 bits per heavy atom. The Labute approximate surface area is 154 Å². The second-order valence-electron chi connectivity index (χ2n) is 4.92. The third-order valence-corrected chi connectivity index (χ3v) is 3.32. The molecule has 0 aliphatic heterocycles. The van der Waals surface area contributed by atoms with Gasteiger partial charge in [0.15, 0.2) is 5.96 Å². The van der Waals surface area contributed by atoms with E-state index >= 15 is 0 Å². The standard InChI is InChI=1S/C15H23ClN4O.HI/c1-5-17-15(19-10-14(21)20(3)4)18-9-12-6-7-13(16)11(2)8-12;/h6-8H,5,9-10H2,1-4H3,(H2,17,18,19);1H. The number of nitrogens with one attached hydrogen (secondary N) is 2. The fourth-order valence-corrected chi connectivity index (χ4v) is 1.75. The number of nitrogens with zero attached hydrogens (tertiary/aromatic N) is 2. The van der Waals surface area contributed by atoms with Crippen molar-refractivity contribution in [1.29, 1.82) is 0 Å². The molecule has 0 heterocycles. The average molecular weight is 439 g/mol. The highest BCUT2D eigenvalue weighted by molar-refractivity contribution is 14.0. The van der Waals surface area contributed by atoms with Crippen LogP contribution in [-0.4, -0.2) is 44.0 Å². The number of benzene rings is 1. The third kappa shape index (κ3) is 7.31. The molecule has 0 aliphatic carbocycles. The fraction of sp³-hybridized carbons (Fsp3) is 0.467. The zero-order valence-corrected chi connectivity index (χ0v) is 16.5. The zero-order chi connectivity index (χ0) is 15.8. The van der Waals surface area contributed by atoms with Crippen LogP contribution in [0.4, 0.5) is 0 Å². The first kappa shape index (κ1) is 21.0. The summed E-state index contributed by atoms with van der Waals surface area (Å²) in [6.07, 6.45) is 0. The normalized spacial score (nSPS) is 10.7. The lowest BCUT2D eigenvalue weighted by molar-refractivity contribution is -0.127. The number of guanidine groups is 1. The number of hydrogen-bond acceptors (Lipinski definition) is 2. The molecule has 1 aromatic carbocycles. The van der Waals surface area contributed by atoms with E-state index in [4.69, 9.17) is 11.6 Å². The largest absolute Gasteiger partial charge is 0.357 e. The van der Waals surface area contributed by atoms with Crippen molar-refractivity contribution in [2.75, 3.05) is 27.2 Å². The van der Waals surface area contributed by atoms with E-state index in [1.54, 1.807) is 19.0 Å². The van der Waals surface area contributed by atoms with Crippen molar-refractivity contribution in [3.63, 3.8) is 0 Å². The molecule has 0 fully saturated rings. The number of aliphatic imine (C=N–C) groups is 1. The van der Waals surface area contributed by atoms with Crippen molar-refractivity contribution in [2.24, 2.45) is 4.99 Å². The maximum atomic E-state index is 11.6. The molecule has 0 aromatic heterocycles. The number of amides is 1. The lowest BCUT2D eigenvalue weighted by Gasteiger charge is -2.14. The SMILES string of the molecule is CCNC(=NCc1ccc(Cl)c(C)c1)NCC(=O)N(C)C.I. The molecule has 0 saturated carbocycles. The van der Waals surface area contributed by atoms with Crippen LogP contribution in [0.25, 0.3) is 0 Å². The number of carbonyl (C=O) groups is 1. The van der Waals surface area contributed by atoms with Crippen LogP contribution < -0.4 is 10.6 Å². The predicted molar refractivity (Wildman–Crippen MR) is 103 cm³/mol. The molecule has 1 amide bonds. The van der Waals surface area contributed by atoms with E-state index in [0.717, 1.165) is 22.7 Å². The molecule has 0 aliphatic rings. The molecule has 22 heavy (non-hydrogen) atoms. The van der Waals surface area contributed by atoms with E-state index in [1.165, 1.54) is 0 Å². The number of aryl methyl sites for hydroxylation is 1. The predicted octanol–water partition coefficient (Wildman–Crippen LogP) is 2.41. The molecule has 7 heteroatoms. The van der Waals surface area contributed by atoms with Crippen molar-refractivity contribution in [3.8, 4) is 0 Å². The van der Waals surface area contributed by atoms with Crippen LogP contribution in [0.3, 0.4) is 0 Å². The molecule has 1 rings (SSSR count). The molecule has 0 unspecified atom stereocenters. The first-order valence-electron chi connectivity index (χ1n) is 6.91. The number of rotatable bonds is 5. The molecular weight excluding hydrogens is 415 g/mol. The highest BCUT2D eigenvalue weighted by Crippen LogP contribution is 2.16. The Morgan fingerprint density at radius 1 is 1.32 bits per heavy atom. The monoisotopic (exact) mass is 438 g/mol. The second-order valence-corrected chi connectivity index (χ2v) is 5.33. The Kier molecular flexibility index (Phi) is 10.2. The maximum absolute atomic E-state index is 11.6. The number of likely N-dealkylation sites (N-methyl/N-ethyl adjacent to an activating group) is 1. The van der Waals surface area contributed by atoms with E-state index in [1.807, 2.05) is 32.0 Å². The van der Waals surface area contributed by atoms with E-state index in [-0.39, 0.29) is 36.4 Å². The van der Waals surface area contributed by atoms with Gasteiger partial charge in [-0.05, 0) is 31.0 Å². The van der Waals surface area contributed by atoms with E-state index in [9.17, 15) is 4.79 Å². The number of hydrogen-bond donors (Lipinski definition) is 2. The van der Waals surface area contributed by atoms with Gasteiger partial charge in [-0.1, -0.05) is 23.7 Å². The summed E-state index contributed by atoms with van der Waals surface area (Å²) in [6, 6.07) is 5.84. The second kappa shape index (κ2) is 10.7. The summed E-state index contributed by atoms with van der Waals surface area (Å²) >= 11 is 6.00. The minimum Gasteiger partial charge on any atom is -0.357 e. The van der Waals surface area contributed by atoms with Crippen LogP contribution in [0.5, 0.6) is 0 Å². The van der Waals surface area contributed by atoms with Gasteiger partial charge in [-0.2, -0.15) is 0 Å². The van der Waals surface area contributed by atoms with Crippen LogP contribution >= 0.6 is 35.6 Å². The smallest absolute Gasteiger partial charge is 0.241 e. The van der Waals surface area contributed by atoms with Gasteiger partial charge in [-0.15, -0.1) is 24.0 Å². The van der Waals surface area contributed by atoms with E-state index in [2.05, 4.69) is 15.6 Å². The molecule has 0 radical (unpaired) electrons. The molecule has 1 aromatic rings. The van der Waals surface area contributed by atoms with Crippen LogP contribution in [0.15, 0.2) is 23.2 Å². The summed E-state index contributed by atoms with van der Waals surface area (Å²) in [5, 5.41) is 6.89. The van der Waals surface area contributed by atoms with Crippen LogP contribution in [0.1, 0.15) is 18.1 Å². The number of carbonyl (C=O) groups excluding carboxylic acids is 1. The van der Waals surface area contributed by atoms with Crippen LogP contribution in [0, 0.1) is 6.92 Å². The fourth-order valence-electron chi connectivity index (χ4n) is 1.63. The summed E-state index contributed by atoms with van der Waals surface area (Å²) in [6.45, 7) is 5.44. The molecule has 124 valence electrons. The quantitative estimate of drug-likeness (QED) is 0.422. The molecular formula is C15H24ClIN4O. The number of halogens is 2. The van der Waals surface area contributed by atoms with Gasteiger partial charge in [0.25, 0.3) is 0 Å². The van der Waals surface area contributed by atoms with Crippen LogP contribution in [0.2, 0.25) is 5.02 Å². The lowest BCUT2D eigenvalue weighted by Crippen LogP contribution is -2.42. The van der Waals surface area contributed by atoms with Crippen molar-refractivity contribution in [2.45, 2.75) is 20.4 Å². The third-order valence-electron chi connectivity index (χ3n) is 2.89. The van der Waals surface area contributed by atoms with Crippen molar-refractivity contribution in [3.05, 3.63) is 34.3 Å². The van der Waals surface area contributed by atoms with Gasteiger partial charge >= 0.3 is 0 Å². The molecule has 0 spiro atoms. The van der Waals surface area contributed by atoms with Gasteiger partial charge in [-0.3, -0.25) is 4.79 Å². The molecule has 5 nitrogen and oxygen atoms in total. The van der Waals surface area contributed by atoms with Gasteiger partial charge < -0.3 is 15.5 Å². The Morgan fingerprint density at radius 3 is 2.55 bits per heavy atom. The summed E-state index contributed by atoms with van der Waals surface area (Å²) in [7, 11) is 3.45. The lowest BCUT2D eigenvalue weighted by atomic mass is 10.1. The van der Waals surface area contributed by atoms with Crippen molar-refractivity contribution in [1.82, 2.24) is 15.5 Å². The summed E-state index contributed by atoms with van der Waals surface area (Å²) in [4.78, 5) is 17.6. The van der Waals surface area contributed by atoms with Gasteiger partial charge in [0.2, 0.25) is 5.91 Å². The summed E-state index contributed by atoms with van der Waals surface area (Å²) < 4.78 is 0. The van der Waals surface area contributed by atoms with Crippen LogP contribution in [-0.2, 0) is 11.3 Å². The maximum Gasteiger partial charge on any atom is 0.241 e. The van der Waals surface area contributed by atoms with Crippen molar-refractivity contribution < 1.29 is 4.79 Å². The first-order chi connectivity index (χ1) is 9.93. The molecule has 0 atom stereocenters. The van der Waals surface area contributed by atoms with E-state index in [0.29, 0.717) is 12.5 Å². The minimum atomic E-state index is 0. The molecule has 0 saturated heterocycles. The highest BCUT2D eigenvalue weighted by Gasteiger charge is 2.05. The van der Waals surface area contributed by atoms with Gasteiger partial charge in [0, 0.05) is 25.7 Å². The minimum absolute atomic E-state index is 0.